The molecule has 3 rings (SSSR count). The van der Waals surface area contributed by atoms with Gasteiger partial charge in [-0.15, -0.1) is 11.3 Å². The molecular formula is C19H25N3O2S. The van der Waals surface area contributed by atoms with Crippen molar-refractivity contribution < 1.29 is 9.53 Å². The molecule has 0 saturated carbocycles. The highest BCUT2D eigenvalue weighted by Gasteiger charge is 2.21. The lowest BCUT2D eigenvalue weighted by molar-refractivity contribution is -0.133. The first-order chi connectivity index (χ1) is 12.2. The number of carbonyl (C=O) groups excluding carboxylic acids is 1. The third-order valence-electron chi connectivity index (χ3n) is 4.49. The Morgan fingerprint density at radius 1 is 1.20 bits per heavy atom. The zero-order chi connectivity index (χ0) is 17.6. The van der Waals surface area contributed by atoms with Crippen LogP contribution in [0.2, 0.25) is 0 Å². The quantitative estimate of drug-likeness (QED) is 0.794. The number of nitrogens with zero attached hydrogens (tertiary/aromatic N) is 3. The smallest absolute Gasteiger partial charge is 0.222 e. The molecule has 1 aliphatic rings. The summed E-state index contributed by atoms with van der Waals surface area (Å²) in [6.07, 6.45) is 1.59. The van der Waals surface area contributed by atoms with Gasteiger partial charge in [-0.05, 0) is 30.7 Å². The largest absolute Gasteiger partial charge is 0.497 e. The van der Waals surface area contributed by atoms with Crippen molar-refractivity contribution in [2.45, 2.75) is 26.3 Å². The van der Waals surface area contributed by atoms with E-state index in [2.05, 4.69) is 17.2 Å². The summed E-state index contributed by atoms with van der Waals surface area (Å²) in [5.41, 5.74) is 2.12. The number of piperazine rings is 1. The molecule has 0 radical (unpaired) electrons. The Kier molecular flexibility index (Phi) is 6.04. The van der Waals surface area contributed by atoms with Gasteiger partial charge in [-0.2, -0.15) is 0 Å². The van der Waals surface area contributed by atoms with Gasteiger partial charge in [0, 0.05) is 43.5 Å². The first-order valence-electron chi connectivity index (χ1n) is 8.78. The Hall–Kier alpha value is -1.92. The summed E-state index contributed by atoms with van der Waals surface area (Å²) >= 11 is 1.70. The van der Waals surface area contributed by atoms with E-state index in [9.17, 15) is 4.79 Å². The monoisotopic (exact) mass is 359 g/mol. The molecule has 0 aliphatic carbocycles. The SMILES string of the molecule is CCCC(=O)N1CCN(Cc2nc(-c3ccc(OC)cc3)cs2)CC1. The zero-order valence-electron chi connectivity index (χ0n) is 14.9. The van der Waals surface area contributed by atoms with Crippen LogP contribution in [0.4, 0.5) is 0 Å². The molecule has 1 saturated heterocycles. The number of amides is 1. The van der Waals surface area contributed by atoms with E-state index in [1.165, 1.54) is 0 Å². The van der Waals surface area contributed by atoms with Crippen molar-refractivity contribution in [1.29, 1.82) is 0 Å². The van der Waals surface area contributed by atoms with Gasteiger partial charge < -0.3 is 9.64 Å². The number of hydrogen-bond acceptors (Lipinski definition) is 5. The summed E-state index contributed by atoms with van der Waals surface area (Å²) in [7, 11) is 1.67. The fourth-order valence-electron chi connectivity index (χ4n) is 3.00. The first-order valence-corrected chi connectivity index (χ1v) is 9.66. The Morgan fingerprint density at radius 2 is 1.92 bits per heavy atom. The topological polar surface area (TPSA) is 45.7 Å². The second-order valence-corrected chi connectivity index (χ2v) is 7.20. The molecule has 25 heavy (non-hydrogen) atoms. The molecule has 6 heteroatoms. The van der Waals surface area contributed by atoms with E-state index in [0.717, 1.165) is 61.2 Å². The summed E-state index contributed by atoms with van der Waals surface area (Å²) in [5.74, 6) is 1.15. The van der Waals surface area contributed by atoms with Crippen molar-refractivity contribution in [3.63, 3.8) is 0 Å². The van der Waals surface area contributed by atoms with Crippen LogP contribution in [-0.4, -0.2) is 54.0 Å². The maximum atomic E-state index is 12.0. The van der Waals surface area contributed by atoms with Crippen molar-refractivity contribution in [3.05, 3.63) is 34.7 Å². The number of methoxy groups -OCH3 is 1. The molecule has 5 nitrogen and oxygen atoms in total. The average Bonchev–Trinajstić information content (AvgIpc) is 3.11. The van der Waals surface area contributed by atoms with Crippen LogP contribution in [-0.2, 0) is 11.3 Å². The van der Waals surface area contributed by atoms with Crippen molar-refractivity contribution in [2.24, 2.45) is 0 Å². The molecule has 0 unspecified atom stereocenters. The number of rotatable bonds is 6. The van der Waals surface area contributed by atoms with Crippen molar-refractivity contribution >= 4 is 17.2 Å². The zero-order valence-corrected chi connectivity index (χ0v) is 15.7. The van der Waals surface area contributed by atoms with Crippen LogP contribution in [0.25, 0.3) is 11.3 Å². The van der Waals surface area contributed by atoms with Gasteiger partial charge in [-0.1, -0.05) is 6.92 Å². The van der Waals surface area contributed by atoms with Crippen LogP contribution in [0.1, 0.15) is 24.8 Å². The van der Waals surface area contributed by atoms with Gasteiger partial charge >= 0.3 is 0 Å². The minimum Gasteiger partial charge on any atom is -0.497 e. The lowest BCUT2D eigenvalue weighted by Gasteiger charge is -2.34. The van der Waals surface area contributed by atoms with Crippen LogP contribution < -0.4 is 4.74 Å². The molecule has 1 aromatic carbocycles. The Bertz CT molecular complexity index is 691. The highest BCUT2D eigenvalue weighted by atomic mass is 32.1. The van der Waals surface area contributed by atoms with E-state index in [0.29, 0.717) is 6.42 Å². The molecule has 134 valence electrons. The van der Waals surface area contributed by atoms with E-state index >= 15 is 0 Å². The van der Waals surface area contributed by atoms with E-state index in [4.69, 9.17) is 9.72 Å². The lowest BCUT2D eigenvalue weighted by Crippen LogP contribution is -2.48. The maximum Gasteiger partial charge on any atom is 0.222 e. The minimum atomic E-state index is 0.290. The predicted octanol–water partition coefficient (Wildman–Crippen LogP) is 3.26. The third-order valence-corrected chi connectivity index (χ3v) is 5.32. The summed E-state index contributed by atoms with van der Waals surface area (Å²) in [6, 6.07) is 7.99. The second-order valence-electron chi connectivity index (χ2n) is 6.26. The number of ether oxygens (including phenoxy) is 1. The van der Waals surface area contributed by atoms with Crippen LogP contribution in [0, 0.1) is 0 Å². The van der Waals surface area contributed by atoms with Crippen molar-refractivity contribution in [3.8, 4) is 17.0 Å². The van der Waals surface area contributed by atoms with E-state index in [-0.39, 0.29) is 5.91 Å². The summed E-state index contributed by atoms with van der Waals surface area (Å²) in [4.78, 5) is 21.1. The minimum absolute atomic E-state index is 0.290. The Balaban J connectivity index is 1.54. The van der Waals surface area contributed by atoms with Gasteiger partial charge in [-0.3, -0.25) is 9.69 Å². The number of aromatic nitrogens is 1. The molecule has 1 aromatic heterocycles. The molecule has 0 atom stereocenters. The molecule has 1 aliphatic heterocycles. The molecule has 1 fully saturated rings. The van der Waals surface area contributed by atoms with Gasteiger partial charge in [0.15, 0.2) is 0 Å². The molecule has 0 bridgehead atoms. The Labute approximate surface area is 153 Å². The van der Waals surface area contributed by atoms with Gasteiger partial charge in [0.25, 0.3) is 0 Å². The number of carbonyl (C=O) groups is 1. The molecule has 2 heterocycles. The van der Waals surface area contributed by atoms with Crippen LogP contribution >= 0.6 is 11.3 Å². The maximum absolute atomic E-state index is 12.0. The lowest BCUT2D eigenvalue weighted by atomic mass is 10.2. The second kappa shape index (κ2) is 8.45. The number of benzene rings is 1. The third kappa shape index (κ3) is 4.58. The summed E-state index contributed by atoms with van der Waals surface area (Å²) in [6.45, 7) is 6.42. The first kappa shape index (κ1) is 17.9. The highest BCUT2D eigenvalue weighted by molar-refractivity contribution is 7.09. The van der Waals surface area contributed by atoms with Crippen LogP contribution in [0.5, 0.6) is 5.75 Å². The normalized spacial score (nSPS) is 15.4. The van der Waals surface area contributed by atoms with Crippen LogP contribution in [0.3, 0.4) is 0 Å². The fraction of sp³-hybridized carbons (Fsp3) is 0.474. The molecule has 2 aromatic rings. The standard InChI is InChI=1S/C19H25N3O2S/c1-3-4-19(23)22-11-9-21(10-12-22)13-18-20-17(14-25-18)15-5-7-16(24-2)8-6-15/h5-8,14H,3-4,9-13H2,1-2H3. The molecule has 0 N–H and O–H groups in total. The van der Waals surface area contributed by atoms with Gasteiger partial charge in [0.2, 0.25) is 5.91 Å². The van der Waals surface area contributed by atoms with E-state index < -0.39 is 0 Å². The number of hydrogen-bond donors (Lipinski definition) is 0. The summed E-state index contributed by atoms with van der Waals surface area (Å²) < 4.78 is 5.20. The van der Waals surface area contributed by atoms with E-state index in [1.54, 1.807) is 18.4 Å². The van der Waals surface area contributed by atoms with E-state index in [1.807, 2.05) is 29.2 Å². The predicted molar refractivity (Wildman–Crippen MR) is 101 cm³/mol. The number of thiazole rings is 1. The Morgan fingerprint density at radius 3 is 2.56 bits per heavy atom. The van der Waals surface area contributed by atoms with Gasteiger partial charge in [0.1, 0.15) is 10.8 Å². The average molecular weight is 359 g/mol. The van der Waals surface area contributed by atoms with Crippen LogP contribution in [0.15, 0.2) is 29.6 Å². The fourth-order valence-corrected chi connectivity index (χ4v) is 3.84. The van der Waals surface area contributed by atoms with Gasteiger partial charge in [0.05, 0.1) is 19.3 Å². The van der Waals surface area contributed by atoms with Crippen molar-refractivity contribution in [2.75, 3.05) is 33.3 Å². The molecule has 1 amide bonds. The summed E-state index contributed by atoms with van der Waals surface area (Å²) in [5, 5.41) is 3.23. The van der Waals surface area contributed by atoms with Crippen molar-refractivity contribution in [1.82, 2.24) is 14.8 Å². The molecular weight excluding hydrogens is 334 g/mol. The molecule has 0 spiro atoms. The van der Waals surface area contributed by atoms with Gasteiger partial charge in [-0.25, -0.2) is 4.98 Å². The highest BCUT2D eigenvalue weighted by Crippen LogP contribution is 2.25.